The van der Waals surface area contributed by atoms with Gasteiger partial charge in [-0.2, -0.15) is 0 Å². The molecule has 0 saturated heterocycles. The van der Waals surface area contributed by atoms with Gasteiger partial charge >= 0.3 is 0 Å². The number of carbonyl (C=O) groups is 1. The Kier molecular flexibility index (Phi) is 3.54. The minimum Gasteiger partial charge on any atom is -0.391 e. The lowest BCUT2D eigenvalue weighted by atomic mass is 10.1. The van der Waals surface area contributed by atoms with Crippen molar-refractivity contribution in [2.75, 3.05) is 13.6 Å². The van der Waals surface area contributed by atoms with Gasteiger partial charge in [-0.3, -0.25) is 4.79 Å². The van der Waals surface area contributed by atoms with Gasteiger partial charge in [-0.15, -0.1) is 0 Å². The quantitative estimate of drug-likeness (QED) is 0.758. The number of carbonyl (C=O) groups excluding carboxylic acids is 1. The average Bonchev–Trinajstić information content (AvgIpc) is 3.19. The van der Waals surface area contributed by atoms with E-state index in [9.17, 15) is 14.3 Å². The van der Waals surface area contributed by atoms with Crippen molar-refractivity contribution >= 4 is 29.2 Å². The van der Waals surface area contributed by atoms with Crippen LogP contribution >= 0.6 is 12.2 Å². The van der Waals surface area contributed by atoms with E-state index in [1.807, 2.05) is 0 Å². The predicted octanol–water partition coefficient (Wildman–Crippen LogP) is 2.21. The fraction of sp³-hybridized carbons (Fsp3) is 0.429. The summed E-state index contributed by atoms with van der Waals surface area (Å²) < 4.78 is 14.0. The van der Waals surface area contributed by atoms with E-state index < -0.39 is 11.9 Å². The summed E-state index contributed by atoms with van der Waals surface area (Å²) in [6.07, 6.45) is 1.48. The number of imidazole rings is 1. The van der Waals surface area contributed by atoms with Crippen LogP contribution < -0.4 is 0 Å². The van der Waals surface area contributed by atoms with E-state index in [0.717, 1.165) is 12.8 Å². The topological polar surface area (TPSA) is 72.1 Å². The number of fused-ring (bicyclic) bond motifs is 1. The summed E-state index contributed by atoms with van der Waals surface area (Å²) in [7, 11) is 1.60. The van der Waals surface area contributed by atoms with E-state index in [1.54, 1.807) is 7.05 Å². The lowest BCUT2D eigenvalue weighted by molar-refractivity contribution is 0.0646. The molecule has 3 N–H and O–H groups in total. The number of hydrogen-bond acceptors (Lipinski definition) is 3. The first-order valence-corrected chi connectivity index (χ1v) is 7.21. The van der Waals surface area contributed by atoms with Gasteiger partial charge in [0.05, 0.1) is 22.7 Å². The number of amides is 1. The molecule has 7 heteroatoms. The fourth-order valence-corrected chi connectivity index (χ4v) is 2.69. The maximum Gasteiger partial charge on any atom is 0.255 e. The maximum absolute atomic E-state index is 13.6. The Balaban J connectivity index is 1.91. The number of aromatic nitrogens is 2. The summed E-state index contributed by atoms with van der Waals surface area (Å²) in [5.41, 5.74) is 1.15. The summed E-state index contributed by atoms with van der Waals surface area (Å²) in [5, 5.41) is 9.93. The Hall–Kier alpha value is -1.73. The third kappa shape index (κ3) is 2.84. The van der Waals surface area contributed by atoms with E-state index in [1.165, 1.54) is 17.0 Å². The number of halogens is 1. The number of nitrogens with one attached hydrogen (secondary N) is 2. The van der Waals surface area contributed by atoms with E-state index >= 15 is 0 Å². The van der Waals surface area contributed by atoms with E-state index in [-0.39, 0.29) is 23.9 Å². The molecule has 0 radical (unpaired) electrons. The number of aromatic amines is 2. The molecule has 1 fully saturated rings. The zero-order valence-corrected chi connectivity index (χ0v) is 12.3. The second-order valence-corrected chi connectivity index (χ2v) is 5.95. The number of hydrogen-bond donors (Lipinski definition) is 3. The molecular formula is C14H16FN3O2S. The molecule has 0 unspecified atom stereocenters. The lowest BCUT2D eigenvalue weighted by Crippen LogP contribution is -2.35. The minimum atomic E-state index is -0.521. The molecule has 1 aromatic carbocycles. The predicted molar refractivity (Wildman–Crippen MR) is 79.1 cm³/mol. The van der Waals surface area contributed by atoms with Crippen LogP contribution in [0.5, 0.6) is 0 Å². The third-order valence-corrected chi connectivity index (χ3v) is 4.00. The van der Waals surface area contributed by atoms with Gasteiger partial charge in [0.1, 0.15) is 5.82 Å². The second kappa shape index (κ2) is 5.23. The molecule has 0 bridgehead atoms. The zero-order valence-electron chi connectivity index (χ0n) is 11.5. The number of rotatable bonds is 4. The van der Waals surface area contributed by atoms with Crippen LogP contribution in [0.15, 0.2) is 12.1 Å². The molecule has 0 spiro atoms. The minimum absolute atomic E-state index is 0.211. The van der Waals surface area contributed by atoms with E-state index in [0.29, 0.717) is 15.8 Å². The van der Waals surface area contributed by atoms with Gasteiger partial charge in [0.15, 0.2) is 4.77 Å². The molecule has 5 nitrogen and oxygen atoms in total. The summed E-state index contributed by atoms with van der Waals surface area (Å²) in [6.45, 7) is 0.243. The van der Waals surface area contributed by atoms with Gasteiger partial charge in [0.2, 0.25) is 0 Å². The summed E-state index contributed by atoms with van der Waals surface area (Å²) >= 11 is 4.98. The van der Waals surface area contributed by atoms with Gasteiger partial charge in [0.25, 0.3) is 5.91 Å². The van der Waals surface area contributed by atoms with Crippen LogP contribution in [0.4, 0.5) is 4.39 Å². The first kappa shape index (κ1) is 14.2. The lowest BCUT2D eigenvalue weighted by Gasteiger charge is -2.21. The number of aliphatic hydroxyl groups excluding tert-OH is 1. The van der Waals surface area contributed by atoms with E-state index in [4.69, 9.17) is 12.2 Å². The molecule has 21 heavy (non-hydrogen) atoms. The van der Waals surface area contributed by atoms with Gasteiger partial charge in [-0.05, 0) is 43.1 Å². The number of nitrogens with zero attached hydrogens (tertiary/aromatic N) is 1. The van der Waals surface area contributed by atoms with Crippen LogP contribution in [0.1, 0.15) is 23.2 Å². The molecule has 1 aromatic heterocycles. The van der Waals surface area contributed by atoms with Crippen molar-refractivity contribution in [3.05, 3.63) is 28.3 Å². The van der Waals surface area contributed by atoms with Crippen molar-refractivity contribution in [3.8, 4) is 0 Å². The first-order chi connectivity index (χ1) is 9.95. The SMILES string of the molecule is CN(C[C@H](O)C1CC1)C(=O)c1cc(F)cc2[nH]c(=S)[nH]c12. The molecule has 1 aliphatic carbocycles. The molecule has 112 valence electrons. The standard InChI is InChI=1S/C14H16FN3O2S/c1-18(6-11(19)7-2-3-7)13(20)9-4-8(15)5-10-12(9)17-14(21)16-10/h4-5,7,11,19H,2-3,6H2,1H3,(H2,16,17,21)/t11-/m0/s1. The van der Waals surface area contributed by atoms with Crippen LogP contribution in [0.25, 0.3) is 11.0 Å². The Morgan fingerprint density at radius 2 is 2.24 bits per heavy atom. The number of benzene rings is 1. The highest BCUT2D eigenvalue weighted by Crippen LogP contribution is 2.33. The Labute approximate surface area is 125 Å². The van der Waals surface area contributed by atoms with Gasteiger partial charge in [-0.1, -0.05) is 0 Å². The fourth-order valence-electron chi connectivity index (χ4n) is 2.48. The highest BCUT2D eigenvalue weighted by molar-refractivity contribution is 7.71. The summed E-state index contributed by atoms with van der Waals surface area (Å²) in [4.78, 5) is 19.6. The Bertz CT molecular complexity index is 750. The van der Waals surface area contributed by atoms with Crippen molar-refractivity contribution in [2.45, 2.75) is 18.9 Å². The number of H-pyrrole nitrogens is 2. The number of aliphatic hydroxyl groups is 1. The highest BCUT2D eigenvalue weighted by Gasteiger charge is 2.31. The second-order valence-electron chi connectivity index (χ2n) is 5.55. The smallest absolute Gasteiger partial charge is 0.255 e. The van der Waals surface area contributed by atoms with Crippen LogP contribution in [0.3, 0.4) is 0 Å². The van der Waals surface area contributed by atoms with Crippen molar-refractivity contribution in [1.29, 1.82) is 0 Å². The number of likely N-dealkylation sites (N-methyl/N-ethyl adjacent to an activating group) is 1. The molecule has 1 amide bonds. The van der Waals surface area contributed by atoms with Crippen LogP contribution in [-0.4, -0.2) is 45.6 Å². The largest absolute Gasteiger partial charge is 0.391 e. The van der Waals surface area contributed by atoms with Crippen molar-refractivity contribution in [2.24, 2.45) is 5.92 Å². The van der Waals surface area contributed by atoms with Crippen LogP contribution in [0.2, 0.25) is 0 Å². The molecule has 1 heterocycles. The van der Waals surface area contributed by atoms with Crippen molar-refractivity contribution < 1.29 is 14.3 Å². The van der Waals surface area contributed by atoms with Gasteiger partial charge < -0.3 is 20.0 Å². The molecule has 2 aromatic rings. The van der Waals surface area contributed by atoms with Gasteiger partial charge in [-0.25, -0.2) is 4.39 Å². The molecule has 3 rings (SSSR count). The van der Waals surface area contributed by atoms with E-state index in [2.05, 4.69) is 9.97 Å². The Morgan fingerprint density at radius 1 is 1.52 bits per heavy atom. The van der Waals surface area contributed by atoms with Crippen LogP contribution in [0, 0.1) is 16.5 Å². The molecule has 1 atom stereocenters. The highest BCUT2D eigenvalue weighted by atomic mass is 32.1. The maximum atomic E-state index is 13.6. The molecular weight excluding hydrogens is 293 g/mol. The monoisotopic (exact) mass is 309 g/mol. The van der Waals surface area contributed by atoms with Crippen molar-refractivity contribution in [1.82, 2.24) is 14.9 Å². The normalized spacial score (nSPS) is 16.1. The molecule has 1 aliphatic rings. The molecule has 0 aliphatic heterocycles. The molecule has 1 saturated carbocycles. The third-order valence-electron chi connectivity index (χ3n) is 3.79. The van der Waals surface area contributed by atoms with Crippen molar-refractivity contribution in [3.63, 3.8) is 0 Å². The Morgan fingerprint density at radius 3 is 2.90 bits per heavy atom. The van der Waals surface area contributed by atoms with Gasteiger partial charge in [0, 0.05) is 13.6 Å². The summed E-state index contributed by atoms with van der Waals surface area (Å²) in [6, 6.07) is 2.47. The zero-order chi connectivity index (χ0) is 15.1. The van der Waals surface area contributed by atoms with Crippen LogP contribution in [-0.2, 0) is 0 Å². The first-order valence-electron chi connectivity index (χ1n) is 6.81. The average molecular weight is 309 g/mol. The summed E-state index contributed by atoms with van der Waals surface area (Å²) in [5.74, 6) is -0.567.